The summed E-state index contributed by atoms with van der Waals surface area (Å²) < 4.78 is 15.7. The average molecular weight is 613 g/mol. The first-order valence-electron chi connectivity index (χ1n) is 13.1. The van der Waals surface area contributed by atoms with Crippen LogP contribution in [-0.2, 0) is 9.47 Å². The average Bonchev–Trinajstić information content (AvgIpc) is 3.38. The first-order valence-corrected chi connectivity index (χ1v) is 13.5. The zero-order valence-corrected chi connectivity index (χ0v) is 24.5. The number of aliphatic imine (C=N–C) groups is 2. The minimum absolute atomic E-state index is 0.0656. The number of nitrogens with one attached hydrogen (secondary N) is 2. The summed E-state index contributed by atoms with van der Waals surface area (Å²) in [5.41, 5.74) is 17.4. The van der Waals surface area contributed by atoms with Crippen LogP contribution < -0.4 is 32.6 Å². The summed E-state index contributed by atoms with van der Waals surface area (Å²) in [6.07, 6.45) is 2.69. The Morgan fingerprint density at radius 3 is 2.51 bits per heavy atom. The Morgan fingerprint density at radius 1 is 1.16 bits per heavy atom. The standard InChI is InChI=1S/C27H33ClN10O5/c1-15(33-19(42-3)12-18(29)41-2)13-43-17-6-4-16(5-7-17)25(40)38-10-8-27(9-11-38)14-32-26(37-27)36-24(39)20-22(30)35-23(31)21(28)34-20/h4-7,12H,1,8-11,13-14,29H2,2-3H3,(H4,30,31,35)(H2,32,36,37,39)/b18-12+,33-19?. The number of aromatic nitrogens is 2. The van der Waals surface area contributed by atoms with Gasteiger partial charge in [-0.05, 0) is 37.1 Å². The molecule has 0 bridgehead atoms. The van der Waals surface area contributed by atoms with Gasteiger partial charge >= 0.3 is 0 Å². The van der Waals surface area contributed by atoms with Crippen molar-refractivity contribution in [3.05, 3.63) is 64.9 Å². The molecule has 8 N–H and O–H groups in total. The lowest BCUT2D eigenvalue weighted by Crippen LogP contribution is -2.57. The molecule has 3 heterocycles. The molecule has 16 heteroatoms. The third-order valence-electron chi connectivity index (χ3n) is 6.77. The first kappa shape index (κ1) is 30.9. The van der Waals surface area contributed by atoms with E-state index in [2.05, 4.69) is 37.2 Å². The maximum absolute atomic E-state index is 13.2. The number of nitrogens with zero attached hydrogens (tertiary/aromatic N) is 5. The number of ether oxygens (including phenoxy) is 3. The van der Waals surface area contributed by atoms with E-state index in [0.29, 0.717) is 49.5 Å². The highest BCUT2D eigenvalue weighted by Gasteiger charge is 2.40. The number of amides is 2. The van der Waals surface area contributed by atoms with E-state index in [-0.39, 0.29) is 58.3 Å². The molecule has 228 valence electrons. The lowest BCUT2D eigenvalue weighted by atomic mass is 9.88. The quantitative estimate of drug-likeness (QED) is 0.161. The van der Waals surface area contributed by atoms with Crippen molar-refractivity contribution in [2.75, 3.05) is 51.9 Å². The predicted octanol–water partition coefficient (Wildman–Crippen LogP) is 1.04. The lowest BCUT2D eigenvalue weighted by molar-refractivity contribution is 0.0668. The van der Waals surface area contributed by atoms with Crippen LogP contribution in [0.3, 0.4) is 0 Å². The highest BCUT2D eigenvalue weighted by Crippen LogP contribution is 2.27. The molecular formula is C27H33ClN10O5. The molecule has 2 aliphatic heterocycles. The van der Waals surface area contributed by atoms with Crippen LogP contribution in [0.25, 0.3) is 0 Å². The van der Waals surface area contributed by atoms with Crippen molar-refractivity contribution in [3.8, 4) is 5.75 Å². The number of hydrogen-bond acceptors (Lipinski definition) is 13. The van der Waals surface area contributed by atoms with Gasteiger partial charge in [0.05, 0.1) is 38.1 Å². The van der Waals surface area contributed by atoms with E-state index in [9.17, 15) is 9.59 Å². The van der Waals surface area contributed by atoms with E-state index in [4.69, 9.17) is 43.0 Å². The van der Waals surface area contributed by atoms with Gasteiger partial charge in [-0.3, -0.25) is 19.9 Å². The molecule has 0 atom stereocenters. The van der Waals surface area contributed by atoms with E-state index in [1.807, 2.05) is 0 Å². The Hall–Kier alpha value is -5.05. The van der Waals surface area contributed by atoms with Gasteiger partial charge in [0, 0.05) is 18.7 Å². The Bertz CT molecular complexity index is 1480. The van der Waals surface area contributed by atoms with Crippen molar-refractivity contribution in [3.63, 3.8) is 0 Å². The third kappa shape index (κ3) is 7.62. The van der Waals surface area contributed by atoms with Crippen molar-refractivity contribution in [2.24, 2.45) is 15.7 Å². The highest BCUT2D eigenvalue weighted by atomic mass is 35.5. The molecule has 0 aliphatic carbocycles. The van der Waals surface area contributed by atoms with Crippen molar-refractivity contribution >= 4 is 46.9 Å². The molecule has 1 saturated heterocycles. The van der Waals surface area contributed by atoms with Crippen LogP contribution in [-0.4, -0.2) is 84.5 Å². The number of nitrogens with two attached hydrogens (primary N) is 3. The number of anilines is 2. The molecule has 1 fully saturated rings. The molecule has 43 heavy (non-hydrogen) atoms. The maximum atomic E-state index is 13.2. The number of hydrogen-bond donors (Lipinski definition) is 5. The van der Waals surface area contributed by atoms with Gasteiger partial charge in [-0.15, -0.1) is 0 Å². The molecular weight excluding hydrogens is 580 g/mol. The predicted molar refractivity (Wildman–Crippen MR) is 161 cm³/mol. The maximum Gasteiger partial charge on any atom is 0.280 e. The van der Waals surface area contributed by atoms with Crippen molar-refractivity contribution in [2.45, 2.75) is 18.4 Å². The Labute approximate surface area is 252 Å². The number of carbonyl (C=O) groups is 2. The fourth-order valence-corrected chi connectivity index (χ4v) is 4.50. The molecule has 0 unspecified atom stereocenters. The lowest BCUT2D eigenvalue weighted by Gasteiger charge is -2.39. The molecule has 1 aromatic heterocycles. The minimum Gasteiger partial charge on any atom is -0.487 e. The van der Waals surface area contributed by atoms with E-state index in [1.54, 1.807) is 29.2 Å². The van der Waals surface area contributed by atoms with Crippen LogP contribution >= 0.6 is 11.6 Å². The van der Waals surface area contributed by atoms with Gasteiger partial charge in [-0.1, -0.05) is 18.2 Å². The SMILES string of the molecule is C=C(COc1ccc(C(=O)N2CCC3(CC2)CN=C(NC(=O)c2nc(Cl)c(N)nc2N)N3)cc1)N=C(/C=C(\N)OC)OC. The van der Waals surface area contributed by atoms with Gasteiger partial charge in [0.2, 0.25) is 5.90 Å². The van der Waals surface area contributed by atoms with E-state index in [0.717, 1.165) is 0 Å². The topological polar surface area (TPSA) is 218 Å². The smallest absolute Gasteiger partial charge is 0.280 e. The summed E-state index contributed by atoms with van der Waals surface area (Å²) in [5.74, 6) is 0.287. The van der Waals surface area contributed by atoms with Crippen LogP contribution in [0.15, 0.2) is 58.5 Å². The van der Waals surface area contributed by atoms with Crippen molar-refractivity contribution < 1.29 is 23.8 Å². The number of likely N-dealkylation sites (tertiary alicyclic amines) is 1. The van der Waals surface area contributed by atoms with Crippen molar-refractivity contribution in [1.29, 1.82) is 0 Å². The number of guanidine groups is 1. The van der Waals surface area contributed by atoms with Gasteiger partial charge in [0.15, 0.2) is 34.3 Å². The fourth-order valence-electron chi connectivity index (χ4n) is 4.38. The first-order chi connectivity index (χ1) is 20.5. The normalized spacial score (nSPS) is 16.3. The Morgan fingerprint density at radius 2 is 1.86 bits per heavy atom. The summed E-state index contributed by atoms with van der Waals surface area (Å²) in [5, 5.41) is 5.82. The van der Waals surface area contributed by atoms with Gasteiger partial charge < -0.3 is 41.6 Å². The fraction of sp³-hybridized carbons (Fsp3) is 0.333. The second kappa shape index (κ2) is 13.3. The van der Waals surface area contributed by atoms with Crippen molar-refractivity contribution in [1.82, 2.24) is 25.5 Å². The van der Waals surface area contributed by atoms with E-state index in [1.165, 1.54) is 20.3 Å². The van der Waals surface area contributed by atoms with Crippen LogP contribution in [0, 0.1) is 0 Å². The molecule has 1 aromatic carbocycles. The van der Waals surface area contributed by atoms with Gasteiger partial charge in [0.25, 0.3) is 11.8 Å². The summed E-state index contributed by atoms with van der Waals surface area (Å²) in [7, 11) is 2.89. The highest BCUT2D eigenvalue weighted by molar-refractivity contribution is 6.31. The second-order valence-electron chi connectivity index (χ2n) is 9.73. The zero-order valence-electron chi connectivity index (χ0n) is 23.7. The van der Waals surface area contributed by atoms with E-state index >= 15 is 0 Å². The number of halogens is 1. The molecule has 0 saturated carbocycles. The number of piperidine rings is 1. The van der Waals surface area contributed by atoms with Crippen LogP contribution in [0.4, 0.5) is 11.6 Å². The van der Waals surface area contributed by atoms with Gasteiger partial charge in [-0.2, -0.15) is 0 Å². The largest absolute Gasteiger partial charge is 0.487 e. The Balaban J connectivity index is 1.26. The van der Waals surface area contributed by atoms with Crippen LogP contribution in [0.5, 0.6) is 5.75 Å². The summed E-state index contributed by atoms with van der Waals surface area (Å²) in [6, 6.07) is 6.84. The molecule has 15 nitrogen and oxygen atoms in total. The monoisotopic (exact) mass is 612 g/mol. The molecule has 2 amide bonds. The number of carbonyl (C=O) groups excluding carboxylic acids is 2. The molecule has 2 aromatic rings. The number of nitrogen functional groups attached to an aromatic ring is 2. The number of benzene rings is 1. The molecule has 4 rings (SSSR count). The summed E-state index contributed by atoms with van der Waals surface area (Å²) in [4.78, 5) is 44.0. The summed E-state index contributed by atoms with van der Waals surface area (Å²) in [6.45, 7) is 5.41. The van der Waals surface area contributed by atoms with Gasteiger partial charge in [-0.25, -0.2) is 15.0 Å². The van der Waals surface area contributed by atoms with Gasteiger partial charge in [0.1, 0.15) is 12.4 Å². The minimum atomic E-state index is -0.614. The van der Waals surface area contributed by atoms with E-state index < -0.39 is 5.91 Å². The Kier molecular flexibility index (Phi) is 9.55. The van der Waals surface area contributed by atoms with Crippen LogP contribution in [0.1, 0.15) is 33.7 Å². The molecule has 2 aliphatic rings. The zero-order chi connectivity index (χ0) is 31.1. The number of rotatable bonds is 8. The number of methoxy groups -OCH3 is 2. The van der Waals surface area contributed by atoms with Crippen LogP contribution in [0.2, 0.25) is 5.15 Å². The summed E-state index contributed by atoms with van der Waals surface area (Å²) >= 11 is 5.88. The second-order valence-corrected chi connectivity index (χ2v) is 10.1. The molecule has 1 spiro atoms. The third-order valence-corrected chi connectivity index (χ3v) is 7.05. The molecule has 0 radical (unpaired) electrons.